The van der Waals surface area contributed by atoms with Crippen LogP contribution in [0.3, 0.4) is 0 Å². The van der Waals surface area contributed by atoms with Gasteiger partial charge >= 0.3 is 0 Å². The molecule has 254 valence electrons. The molecule has 3 aromatic rings. The second kappa shape index (κ2) is 14.7. The summed E-state index contributed by atoms with van der Waals surface area (Å²) < 4.78 is 13.3. The lowest BCUT2D eigenvalue weighted by Crippen LogP contribution is -2.44. The number of anilines is 1. The van der Waals surface area contributed by atoms with Crippen molar-refractivity contribution in [3.63, 3.8) is 0 Å². The number of para-hydroxylation sites is 2. The Hall–Kier alpha value is -2.89. The molecule has 1 aliphatic carbocycles. The highest BCUT2D eigenvalue weighted by Gasteiger charge is 2.39. The summed E-state index contributed by atoms with van der Waals surface area (Å²) in [4.78, 5) is 13.9. The maximum atomic E-state index is 13.9. The first-order valence-electron chi connectivity index (χ1n) is 18.2. The van der Waals surface area contributed by atoms with Gasteiger partial charge < -0.3 is 14.5 Å². The third kappa shape index (κ3) is 8.97. The van der Waals surface area contributed by atoms with Gasteiger partial charge in [0.15, 0.2) is 8.32 Å². The Kier molecular flexibility index (Phi) is 11.1. The van der Waals surface area contributed by atoms with Gasteiger partial charge in [0.05, 0.1) is 0 Å². The summed E-state index contributed by atoms with van der Waals surface area (Å²) in [6, 6.07) is 22.9. The zero-order valence-corrected chi connectivity index (χ0v) is 31.4. The molecule has 1 aliphatic heterocycles. The minimum Gasteiger partial charge on any atom is -0.457 e. The van der Waals surface area contributed by atoms with Crippen LogP contribution in [0.25, 0.3) is 0 Å². The summed E-state index contributed by atoms with van der Waals surface area (Å²) in [6.07, 6.45) is 11.9. The van der Waals surface area contributed by atoms with Crippen LogP contribution in [0.4, 0.5) is 5.69 Å². The Balaban J connectivity index is 1.35. The molecule has 5 rings (SSSR count). The summed E-state index contributed by atoms with van der Waals surface area (Å²) in [5, 5.41) is 3.57. The Labute approximate surface area is 286 Å². The molecular formula is C42H59NO3Si. The van der Waals surface area contributed by atoms with Gasteiger partial charge in [-0.3, -0.25) is 4.79 Å². The molecule has 0 radical (unpaired) electrons. The predicted molar refractivity (Wildman–Crippen MR) is 199 cm³/mol. The third-order valence-electron chi connectivity index (χ3n) is 11.0. The number of carbonyl (C=O) groups is 1. The van der Waals surface area contributed by atoms with Crippen LogP contribution < -0.4 is 10.1 Å². The van der Waals surface area contributed by atoms with Crippen molar-refractivity contribution in [3.8, 4) is 11.5 Å². The number of hydrogen-bond donors (Lipinski definition) is 1. The van der Waals surface area contributed by atoms with Crippen LogP contribution in [0.15, 0.2) is 66.7 Å². The number of nitrogens with one attached hydrogen (secondary N) is 1. The lowest BCUT2D eigenvalue weighted by atomic mass is 9.84. The van der Waals surface area contributed by atoms with Crippen molar-refractivity contribution in [1.82, 2.24) is 0 Å². The fourth-order valence-corrected chi connectivity index (χ4v) is 8.64. The van der Waals surface area contributed by atoms with Gasteiger partial charge in [-0.05, 0) is 78.1 Å². The number of hydrogen-bond acceptors (Lipinski definition) is 3. The Morgan fingerprint density at radius 2 is 1.47 bits per heavy atom. The Bertz CT molecular complexity index is 1460. The zero-order chi connectivity index (χ0) is 33.8. The van der Waals surface area contributed by atoms with E-state index >= 15 is 0 Å². The summed E-state index contributed by atoms with van der Waals surface area (Å²) in [6.45, 7) is 18.5. The summed E-state index contributed by atoms with van der Waals surface area (Å²) >= 11 is 0. The van der Waals surface area contributed by atoms with Crippen LogP contribution in [0, 0.1) is 5.92 Å². The monoisotopic (exact) mass is 653 g/mol. The minimum atomic E-state index is -1.91. The van der Waals surface area contributed by atoms with Gasteiger partial charge in [-0.1, -0.05) is 129 Å². The van der Waals surface area contributed by atoms with Crippen molar-refractivity contribution in [1.29, 1.82) is 0 Å². The van der Waals surface area contributed by atoms with Crippen LogP contribution >= 0.6 is 0 Å². The molecule has 1 saturated carbocycles. The molecule has 5 heteroatoms. The van der Waals surface area contributed by atoms with E-state index in [1.807, 2.05) is 36.4 Å². The summed E-state index contributed by atoms with van der Waals surface area (Å²) in [5.74, 6) is 2.40. The fourth-order valence-electron chi connectivity index (χ4n) is 7.24. The van der Waals surface area contributed by atoms with Crippen LogP contribution in [-0.4, -0.2) is 20.3 Å². The highest BCUT2D eigenvalue weighted by molar-refractivity contribution is 6.74. The van der Waals surface area contributed by atoms with Crippen LogP contribution in [-0.2, 0) is 21.1 Å². The molecule has 1 atom stereocenters. The first-order valence-corrected chi connectivity index (χ1v) is 21.1. The van der Waals surface area contributed by atoms with E-state index in [1.165, 1.54) is 50.5 Å². The molecule has 1 N–H and O–H groups in total. The largest absolute Gasteiger partial charge is 0.457 e. The smallest absolute Gasteiger partial charge is 0.225 e. The van der Waals surface area contributed by atoms with Gasteiger partial charge in [0.2, 0.25) is 5.91 Å². The number of ether oxygens (including phenoxy) is 1. The van der Waals surface area contributed by atoms with E-state index in [0.717, 1.165) is 52.6 Å². The maximum Gasteiger partial charge on any atom is 0.225 e. The molecule has 1 amide bonds. The summed E-state index contributed by atoms with van der Waals surface area (Å²) in [7, 11) is -1.91. The molecule has 47 heavy (non-hydrogen) atoms. The molecule has 0 spiro atoms. The van der Waals surface area contributed by atoms with E-state index < -0.39 is 8.32 Å². The van der Waals surface area contributed by atoms with E-state index in [9.17, 15) is 4.79 Å². The average Bonchev–Trinajstić information content (AvgIpc) is 3.27. The predicted octanol–water partition coefficient (Wildman–Crippen LogP) is 11.9. The van der Waals surface area contributed by atoms with Gasteiger partial charge in [0, 0.05) is 35.3 Å². The van der Waals surface area contributed by atoms with Gasteiger partial charge in [-0.15, -0.1) is 0 Å². The standard InChI is InChI=1S/C42H59NO3Si/c1-41(2,3)36-26-24-31(23-25-32(46-47(7,8)42(4,5)6)27-30-17-11-9-10-12-18-30)28-37(36)43-40(44)29-35-33-19-13-15-21-38(33)45-39-22-16-14-20-34(35)39/h13-16,19-22,24,26,28,30,32,35H,9-12,17-18,23,25,27,29H2,1-8H3,(H,43,44). The quantitative estimate of drug-likeness (QED) is 0.175. The molecule has 2 aliphatic rings. The SMILES string of the molecule is CC(C)(C)c1ccc(CCC(CC2CCCCCC2)O[Si](C)(C)C(C)(C)C)cc1NC(=O)CC1c2ccccc2Oc2ccccc21. The van der Waals surface area contributed by atoms with E-state index in [-0.39, 0.29) is 28.4 Å². The topological polar surface area (TPSA) is 47.6 Å². The Morgan fingerprint density at radius 1 is 0.872 bits per heavy atom. The highest BCUT2D eigenvalue weighted by Crippen LogP contribution is 2.46. The molecule has 3 aromatic carbocycles. The molecule has 1 heterocycles. The molecule has 4 nitrogen and oxygen atoms in total. The van der Waals surface area contributed by atoms with Crippen molar-refractivity contribution in [2.24, 2.45) is 5.92 Å². The van der Waals surface area contributed by atoms with Gasteiger partial charge in [0.25, 0.3) is 0 Å². The molecule has 0 bridgehead atoms. The number of benzene rings is 3. The van der Waals surface area contributed by atoms with E-state index in [1.54, 1.807) is 0 Å². The van der Waals surface area contributed by atoms with Gasteiger partial charge in [0.1, 0.15) is 11.5 Å². The molecule has 1 fully saturated rings. The molecule has 0 saturated heterocycles. The normalized spacial score (nSPS) is 16.9. The Morgan fingerprint density at radius 3 is 2.04 bits per heavy atom. The van der Waals surface area contributed by atoms with Crippen molar-refractivity contribution >= 4 is 19.9 Å². The van der Waals surface area contributed by atoms with Crippen molar-refractivity contribution in [2.45, 2.75) is 141 Å². The zero-order valence-electron chi connectivity index (χ0n) is 30.4. The van der Waals surface area contributed by atoms with E-state index in [4.69, 9.17) is 9.16 Å². The fraction of sp³-hybridized carbons (Fsp3) is 0.548. The van der Waals surface area contributed by atoms with Crippen LogP contribution in [0.5, 0.6) is 11.5 Å². The van der Waals surface area contributed by atoms with Crippen molar-refractivity contribution in [2.75, 3.05) is 5.32 Å². The van der Waals surface area contributed by atoms with Crippen LogP contribution in [0.2, 0.25) is 18.1 Å². The second-order valence-electron chi connectivity index (χ2n) is 16.7. The average molecular weight is 654 g/mol. The van der Waals surface area contributed by atoms with Gasteiger partial charge in [-0.25, -0.2) is 0 Å². The first kappa shape index (κ1) is 35.4. The number of rotatable bonds is 10. The lowest BCUT2D eigenvalue weighted by Gasteiger charge is -2.40. The van der Waals surface area contributed by atoms with E-state index in [2.05, 4.69) is 90.3 Å². The number of carbonyl (C=O) groups excluding carboxylic acids is 1. The molecule has 0 aromatic heterocycles. The highest BCUT2D eigenvalue weighted by atomic mass is 28.4. The first-order chi connectivity index (χ1) is 22.2. The third-order valence-corrected chi connectivity index (χ3v) is 15.5. The van der Waals surface area contributed by atoms with Crippen molar-refractivity contribution < 1.29 is 14.0 Å². The molecular weight excluding hydrogens is 595 g/mol. The summed E-state index contributed by atoms with van der Waals surface area (Å²) in [5.41, 5.74) is 5.38. The van der Waals surface area contributed by atoms with Crippen LogP contribution in [0.1, 0.15) is 128 Å². The van der Waals surface area contributed by atoms with Gasteiger partial charge in [-0.2, -0.15) is 0 Å². The number of fused-ring (bicyclic) bond motifs is 2. The minimum absolute atomic E-state index is 0.0247. The molecule has 1 unspecified atom stereocenters. The number of aryl methyl sites for hydroxylation is 1. The van der Waals surface area contributed by atoms with Crippen molar-refractivity contribution in [3.05, 3.63) is 89.0 Å². The van der Waals surface area contributed by atoms with E-state index in [0.29, 0.717) is 6.42 Å². The lowest BCUT2D eigenvalue weighted by molar-refractivity contribution is -0.116. The number of amides is 1. The second-order valence-corrected chi connectivity index (χ2v) is 21.5. The maximum absolute atomic E-state index is 13.9.